The second-order valence-electron chi connectivity index (χ2n) is 7.17. The summed E-state index contributed by atoms with van der Waals surface area (Å²) in [5.74, 6) is -0.325. The van der Waals surface area contributed by atoms with Crippen LogP contribution in [0.4, 0.5) is 5.69 Å². The maximum atomic E-state index is 12.7. The molecule has 0 atom stereocenters. The van der Waals surface area contributed by atoms with E-state index < -0.39 is 5.91 Å². The number of carbonyl (C=O) groups excluding carboxylic acids is 3. The van der Waals surface area contributed by atoms with Gasteiger partial charge in [0.25, 0.3) is 11.8 Å². The molecule has 1 aromatic heterocycles. The summed E-state index contributed by atoms with van der Waals surface area (Å²) in [6.45, 7) is 3.84. The molecule has 1 saturated heterocycles. The lowest BCUT2D eigenvalue weighted by Gasteiger charge is -2.31. The number of halogens is 1. The molecule has 8 nitrogen and oxygen atoms in total. The van der Waals surface area contributed by atoms with E-state index in [0.717, 1.165) is 30.6 Å². The summed E-state index contributed by atoms with van der Waals surface area (Å²) in [7, 11) is 0. The topological polar surface area (TPSA) is 104 Å². The summed E-state index contributed by atoms with van der Waals surface area (Å²) < 4.78 is 0. The third-order valence-electron chi connectivity index (χ3n) is 4.83. The Hall–Kier alpha value is -2.52. The van der Waals surface area contributed by atoms with Crippen LogP contribution in [-0.4, -0.2) is 52.5 Å². The van der Waals surface area contributed by atoms with Gasteiger partial charge in [0.05, 0.1) is 0 Å². The van der Waals surface area contributed by atoms with E-state index in [1.54, 1.807) is 29.2 Å². The number of piperidine rings is 1. The van der Waals surface area contributed by atoms with E-state index in [-0.39, 0.29) is 27.7 Å². The van der Waals surface area contributed by atoms with Crippen LogP contribution in [0.1, 0.15) is 52.2 Å². The van der Waals surface area contributed by atoms with Crippen LogP contribution in [0.15, 0.2) is 24.3 Å². The van der Waals surface area contributed by atoms with E-state index >= 15 is 0 Å². The van der Waals surface area contributed by atoms with E-state index in [1.807, 2.05) is 6.92 Å². The summed E-state index contributed by atoms with van der Waals surface area (Å²) in [6.07, 6.45) is 2.95. The Bertz CT molecular complexity index is 911. The molecule has 160 valence electrons. The van der Waals surface area contributed by atoms with E-state index in [1.165, 1.54) is 0 Å². The predicted molar refractivity (Wildman–Crippen MR) is 116 cm³/mol. The third kappa shape index (κ3) is 5.99. The first-order valence-corrected chi connectivity index (χ1v) is 11.1. The second-order valence-corrected chi connectivity index (χ2v) is 8.58. The molecule has 1 fully saturated rings. The number of hydrogen-bond donors (Lipinski definition) is 2. The lowest BCUT2D eigenvalue weighted by molar-refractivity contribution is -0.122. The smallest absolute Gasteiger partial charge is 0.286 e. The summed E-state index contributed by atoms with van der Waals surface area (Å²) in [6, 6.07) is 6.77. The van der Waals surface area contributed by atoms with Gasteiger partial charge in [-0.05, 0) is 43.4 Å². The van der Waals surface area contributed by atoms with Gasteiger partial charge in [0.2, 0.25) is 15.9 Å². The van der Waals surface area contributed by atoms with Crippen LogP contribution in [0, 0.1) is 5.92 Å². The summed E-state index contributed by atoms with van der Waals surface area (Å²) in [4.78, 5) is 38.6. The van der Waals surface area contributed by atoms with Gasteiger partial charge in [0, 0.05) is 36.8 Å². The van der Waals surface area contributed by atoms with Crippen molar-refractivity contribution < 1.29 is 14.4 Å². The van der Waals surface area contributed by atoms with Gasteiger partial charge in [-0.3, -0.25) is 14.4 Å². The Morgan fingerprint density at radius 2 is 1.93 bits per heavy atom. The Labute approximate surface area is 184 Å². The Kier molecular flexibility index (Phi) is 7.75. The van der Waals surface area contributed by atoms with Gasteiger partial charge in [0.15, 0.2) is 0 Å². The summed E-state index contributed by atoms with van der Waals surface area (Å²) in [5.41, 5.74) is 0.542. The highest BCUT2D eigenvalue weighted by Crippen LogP contribution is 2.23. The minimum atomic E-state index is -0.439. The number of benzene rings is 1. The molecule has 0 unspecified atom stereocenters. The van der Waals surface area contributed by atoms with Gasteiger partial charge in [-0.25, -0.2) is 0 Å². The zero-order chi connectivity index (χ0) is 21.5. The van der Waals surface area contributed by atoms with Crippen molar-refractivity contribution >= 4 is 46.3 Å². The van der Waals surface area contributed by atoms with Crippen LogP contribution in [0.25, 0.3) is 0 Å². The van der Waals surface area contributed by atoms with Gasteiger partial charge < -0.3 is 15.5 Å². The van der Waals surface area contributed by atoms with E-state index in [4.69, 9.17) is 11.6 Å². The lowest BCUT2D eigenvalue weighted by atomic mass is 9.93. The average Bonchev–Trinajstić information content (AvgIpc) is 3.23. The highest BCUT2D eigenvalue weighted by atomic mass is 35.5. The normalized spacial score (nSPS) is 14.4. The van der Waals surface area contributed by atoms with Gasteiger partial charge in [-0.2, -0.15) is 0 Å². The fraction of sp³-hybridized carbons (Fsp3) is 0.450. The van der Waals surface area contributed by atoms with Crippen molar-refractivity contribution in [1.29, 1.82) is 0 Å². The highest BCUT2D eigenvalue weighted by Gasteiger charge is 2.27. The summed E-state index contributed by atoms with van der Waals surface area (Å²) >= 11 is 6.88. The zero-order valence-corrected chi connectivity index (χ0v) is 18.3. The molecule has 1 aliphatic rings. The van der Waals surface area contributed by atoms with Gasteiger partial charge in [-0.15, -0.1) is 10.2 Å². The fourth-order valence-electron chi connectivity index (χ4n) is 3.23. The van der Waals surface area contributed by atoms with Crippen molar-refractivity contribution in [3.05, 3.63) is 39.3 Å². The molecular formula is C20H24ClN5O3S. The Balaban J connectivity index is 1.51. The van der Waals surface area contributed by atoms with Crippen molar-refractivity contribution in [2.45, 2.75) is 32.6 Å². The number of nitrogens with zero attached hydrogens (tertiary/aromatic N) is 3. The molecule has 10 heteroatoms. The number of amides is 3. The Morgan fingerprint density at radius 1 is 1.20 bits per heavy atom. The number of likely N-dealkylation sites (tertiary alicyclic amines) is 1. The molecular weight excluding hydrogens is 426 g/mol. The van der Waals surface area contributed by atoms with Crippen molar-refractivity contribution in [3.63, 3.8) is 0 Å². The molecule has 0 aliphatic carbocycles. The number of hydrogen-bond acceptors (Lipinski definition) is 6. The van der Waals surface area contributed by atoms with Crippen molar-refractivity contribution in [1.82, 2.24) is 20.4 Å². The van der Waals surface area contributed by atoms with Crippen molar-refractivity contribution in [3.8, 4) is 0 Å². The van der Waals surface area contributed by atoms with Gasteiger partial charge >= 0.3 is 0 Å². The van der Waals surface area contributed by atoms with Crippen LogP contribution in [0.3, 0.4) is 0 Å². The van der Waals surface area contributed by atoms with Crippen LogP contribution in [-0.2, 0) is 4.79 Å². The number of rotatable bonds is 7. The zero-order valence-electron chi connectivity index (χ0n) is 16.7. The first-order valence-electron chi connectivity index (χ1n) is 9.92. The Morgan fingerprint density at radius 3 is 2.63 bits per heavy atom. The van der Waals surface area contributed by atoms with Crippen LogP contribution in [0.5, 0.6) is 0 Å². The first kappa shape index (κ1) is 22.2. The van der Waals surface area contributed by atoms with Crippen LogP contribution < -0.4 is 10.6 Å². The molecule has 1 aromatic carbocycles. The minimum Gasteiger partial charge on any atom is -0.356 e. The minimum absolute atomic E-state index is 0.0705. The highest BCUT2D eigenvalue weighted by molar-refractivity contribution is 7.15. The maximum absolute atomic E-state index is 12.7. The van der Waals surface area contributed by atoms with E-state index in [0.29, 0.717) is 36.8 Å². The number of anilines is 1. The maximum Gasteiger partial charge on any atom is 0.286 e. The molecule has 0 spiro atoms. The molecule has 2 aromatic rings. The molecule has 2 N–H and O–H groups in total. The molecule has 0 saturated carbocycles. The number of nitrogens with one attached hydrogen (secondary N) is 2. The van der Waals surface area contributed by atoms with E-state index in [2.05, 4.69) is 20.8 Å². The molecule has 3 amide bonds. The van der Waals surface area contributed by atoms with Gasteiger partial charge in [-0.1, -0.05) is 35.9 Å². The SMILES string of the molecule is CCCNC(=O)CC1CCN(C(=O)c2nnc(C(=O)Nc3cccc(Cl)c3)s2)CC1. The molecule has 30 heavy (non-hydrogen) atoms. The van der Waals surface area contributed by atoms with E-state index in [9.17, 15) is 14.4 Å². The fourth-order valence-corrected chi connectivity index (χ4v) is 4.12. The van der Waals surface area contributed by atoms with Crippen molar-refractivity contribution in [2.75, 3.05) is 25.0 Å². The first-order chi connectivity index (χ1) is 14.5. The lowest BCUT2D eigenvalue weighted by Crippen LogP contribution is -2.39. The molecule has 3 rings (SSSR count). The largest absolute Gasteiger partial charge is 0.356 e. The third-order valence-corrected chi connectivity index (χ3v) is 5.98. The second kappa shape index (κ2) is 10.5. The van der Waals surface area contributed by atoms with Crippen LogP contribution >= 0.6 is 22.9 Å². The standard InChI is InChI=1S/C20H24ClN5O3S/c1-2-8-22-16(27)11-13-6-9-26(10-7-13)20(29)19-25-24-18(30-19)17(28)23-15-5-3-4-14(21)12-15/h3-5,12-13H,2,6-11H2,1H3,(H,22,27)(H,23,28). The quantitative estimate of drug-likeness (QED) is 0.675. The number of aromatic nitrogens is 2. The molecule has 0 radical (unpaired) electrons. The number of carbonyl (C=O) groups is 3. The van der Waals surface area contributed by atoms with Crippen LogP contribution in [0.2, 0.25) is 5.02 Å². The molecule has 0 bridgehead atoms. The molecule has 2 heterocycles. The summed E-state index contributed by atoms with van der Waals surface area (Å²) in [5, 5.41) is 14.1. The molecule has 1 aliphatic heterocycles. The van der Waals surface area contributed by atoms with Crippen molar-refractivity contribution in [2.24, 2.45) is 5.92 Å². The van der Waals surface area contributed by atoms with Gasteiger partial charge in [0.1, 0.15) is 0 Å². The predicted octanol–water partition coefficient (Wildman–Crippen LogP) is 3.21. The monoisotopic (exact) mass is 449 g/mol. The average molecular weight is 450 g/mol.